The number of thiophene rings is 1. The minimum atomic E-state index is -0.479. The van der Waals surface area contributed by atoms with Crippen molar-refractivity contribution in [3.8, 4) is 5.75 Å². The van der Waals surface area contributed by atoms with E-state index < -0.39 is 5.91 Å². The first-order valence-corrected chi connectivity index (χ1v) is 14.4. The molecule has 2 amide bonds. The van der Waals surface area contributed by atoms with Crippen LogP contribution in [0.3, 0.4) is 0 Å². The largest absolute Gasteiger partial charge is 0.489 e. The molecule has 0 radical (unpaired) electrons. The summed E-state index contributed by atoms with van der Waals surface area (Å²) in [6.07, 6.45) is 4.88. The number of hydrogen-bond acceptors (Lipinski definition) is 5. The van der Waals surface area contributed by atoms with Crippen molar-refractivity contribution in [3.63, 3.8) is 0 Å². The summed E-state index contributed by atoms with van der Waals surface area (Å²) in [6, 6.07) is 36.5. The van der Waals surface area contributed by atoms with Crippen LogP contribution in [0.4, 0.5) is 5.69 Å². The zero-order valence-electron chi connectivity index (χ0n) is 23.1. The maximum absolute atomic E-state index is 13.1. The average Bonchev–Trinajstić information content (AvgIpc) is 3.57. The molecule has 5 rings (SSSR count). The Balaban J connectivity index is 1.18. The fourth-order valence-corrected chi connectivity index (χ4v) is 4.72. The van der Waals surface area contributed by atoms with Gasteiger partial charge in [-0.15, -0.1) is 11.3 Å². The van der Waals surface area contributed by atoms with Crippen LogP contribution in [0.2, 0.25) is 0 Å². The van der Waals surface area contributed by atoms with Gasteiger partial charge in [0.25, 0.3) is 11.8 Å². The van der Waals surface area contributed by atoms with Crippen molar-refractivity contribution in [2.45, 2.75) is 6.61 Å². The number of carbonyl (C=O) groups is 3. The van der Waals surface area contributed by atoms with Crippen LogP contribution < -0.4 is 15.4 Å². The number of benzene rings is 4. The van der Waals surface area contributed by atoms with Crippen LogP contribution >= 0.6 is 11.3 Å². The zero-order chi connectivity index (χ0) is 29.9. The van der Waals surface area contributed by atoms with Gasteiger partial charge in [-0.25, -0.2) is 0 Å². The molecule has 1 aromatic heterocycles. The molecule has 0 aliphatic heterocycles. The van der Waals surface area contributed by atoms with E-state index in [4.69, 9.17) is 4.74 Å². The second-order valence-corrected chi connectivity index (χ2v) is 10.4. The van der Waals surface area contributed by atoms with Gasteiger partial charge in [-0.05, 0) is 83.3 Å². The summed E-state index contributed by atoms with van der Waals surface area (Å²) in [6.45, 7) is 0.486. The monoisotopic (exact) mass is 584 g/mol. The zero-order valence-corrected chi connectivity index (χ0v) is 23.9. The highest BCUT2D eigenvalue weighted by Crippen LogP contribution is 2.18. The van der Waals surface area contributed by atoms with E-state index in [0.29, 0.717) is 23.4 Å². The minimum absolute atomic E-state index is 0.107. The van der Waals surface area contributed by atoms with E-state index in [1.807, 2.05) is 78.2 Å². The molecule has 7 heteroatoms. The van der Waals surface area contributed by atoms with Crippen molar-refractivity contribution in [1.82, 2.24) is 5.32 Å². The fourth-order valence-electron chi connectivity index (χ4n) is 4.06. The Morgan fingerprint density at radius 2 is 1.42 bits per heavy atom. The Bertz CT molecular complexity index is 1730. The third-order valence-corrected chi connectivity index (χ3v) is 7.16. The molecule has 0 atom stereocenters. The highest BCUT2D eigenvalue weighted by atomic mass is 32.1. The first-order valence-electron chi connectivity index (χ1n) is 13.6. The van der Waals surface area contributed by atoms with Crippen molar-refractivity contribution in [2.75, 3.05) is 5.32 Å². The van der Waals surface area contributed by atoms with Gasteiger partial charge in [-0.3, -0.25) is 14.4 Å². The van der Waals surface area contributed by atoms with E-state index in [2.05, 4.69) is 10.6 Å². The van der Waals surface area contributed by atoms with E-state index >= 15 is 0 Å². The van der Waals surface area contributed by atoms with Gasteiger partial charge in [0.1, 0.15) is 18.1 Å². The molecule has 0 saturated carbocycles. The van der Waals surface area contributed by atoms with Crippen molar-refractivity contribution in [2.24, 2.45) is 0 Å². The second kappa shape index (κ2) is 14.4. The molecule has 0 unspecified atom stereocenters. The lowest BCUT2D eigenvalue weighted by Crippen LogP contribution is -2.30. The maximum Gasteiger partial charge on any atom is 0.272 e. The molecule has 2 N–H and O–H groups in total. The second-order valence-electron chi connectivity index (χ2n) is 9.47. The molecule has 5 aromatic rings. The lowest BCUT2D eigenvalue weighted by Gasteiger charge is -2.11. The summed E-state index contributed by atoms with van der Waals surface area (Å²) in [5, 5.41) is 7.41. The van der Waals surface area contributed by atoms with Crippen LogP contribution in [0.15, 0.2) is 138 Å². The number of ketones is 1. The Labute approximate surface area is 254 Å². The van der Waals surface area contributed by atoms with E-state index in [1.165, 1.54) is 17.4 Å². The number of rotatable bonds is 11. The van der Waals surface area contributed by atoms with E-state index in [1.54, 1.807) is 60.7 Å². The quantitative estimate of drug-likeness (QED) is 0.123. The predicted molar refractivity (Wildman–Crippen MR) is 172 cm³/mol. The molecular weight excluding hydrogens is 556 g/mol. The van der Waals surface area contributed by atoms with Crippen LogP contribution in [-0.2, 0) is 11.4 Å². The SMILES string of the molecule is O=C(Nc1ccc(C(=O)/C=C/c2ccc(OCc3ccccc3)cc2)cc1)/C(=C/c1cccs1)NC(=O)c1ccccc1. The molecule has 0 aliphatic carbocycles. The molecule has 212 valence electrons. The fraction of sp³-hybridized carbons (Fsp3) is 0.0278. The van der Waals surface area contributed by atoms with Gasteiger partial charge in [-0.2, -0.15) is 0 Å². The van der Waals surface area contributed by atoms with Crippen LogP contribution in [-0.4, -0.2) is 17.6 Å². The lowest BCUT2D eigenvalue weighted by atomic mass is 10.1. The van der Waals surface area contributed by atoms with Gasteiger partial charge >= 0.3 is 0 Å². The Morgan fingerprint density at radius 3 is 2.09 bits per heavy atom. The van der Waals surface area contributed by atoms with E-state index in [0.717, 1.165) is 21.8 Å². The molecule has 1 heterocycles. The Kier molecular flexibility index (Phi) is 9.70. The van der Waals surface area contributed by atoms with Crippen LogP contribution in [0.1, 0.15) is 36.7 Å². The smallest absolute Gasteiger partial charge is 0.272 e. The first-order chi connectivity index (χ1) is 21.0. The highest BCUT2D eigenvalue weighted by molar-refractivity contribution is 7.10. The Hall–Kier alpha value is -5.53. The standard InChI is InChI=1S/C36H28N2O4S/c39-34(22-15-26-13-20-31(21-14-26)42-25-27-8-3-1-4-9-27)28-16-18-30(19-17-28)37-36(41)33(24-32-12-7-23-43-32)38-35(40)29-10-5-2-6-11-29/h1-24H,25H2,(H,37,41)(H,38,40)/b22-15+,33-24-. The molecule has 43 heavy (non-hydrogen) atoms. The van der Waals surface area contributed by atoms with Crippen molar-refractivity contribution >= 4 is 46.8 Å². The first kappa shape index (κ1) is 29.0. The topological polar surface area (TPSA) is 84.5 Å². The van der Waals surface area contributed by atoms with Gasteiger partial charge in [0.2, 0.25) is 0 Å². The van der Waals surface area contributed by atoms with E-state index in [9.17, 15) is 14.4 Å². The van der Waals surface area contributed by atoms with Crippen molar-refractivity contribution < 1.29 is 19.1 Å². The van der Waals surface area contributed by atoms with Gasteiger partial charge in [-0.1, -0.05) is 72.8 Å². The van der Waals surface area contributed by atoms with Gasteiger partial charge < -0.3 is 15.4 Å². The summed E-state index contributed by atoms with van der Waals surface area (Å²) in [7, 11) is 0. The summed E-state index contributed by atoms with van der Waals surface area (Å²) in [5.41, 5.74) is 3.47. The normalized spacial score (nSPS) is 11.2. The van der Waals surface area contributed by atoms with Crippen LogP contribution in [0, 0.1) is 0 Å². The number of allylic oxidation sites excluding steroid dienone is 1. The number of carbonyl (C=O) groups excluding carboxylic acids is 3. The van der Waals surface area contributed by atoms with Crippen LogP contribution in [0.5, 0.6) is 5.75 Å². The average molecular weight is 585 g/mol. The highest BCUT2D eigenvalue weighted by Gasteiger charge is 2.15. The van der Waals surface area contributed by atoms with Crippen molar-refractivity contribution in [3.05, 3.63) is 166 Å². The maximum atomic E-state index is 13.1. The summed E-state index contributed by atoms with van der Waals surface area (Å²) >= 11 is 1.45. The molecule has 0 aliphatic rings. The molecule has 6 nitrogen and oxygen atoms in total. The van der Waals surface area contributed by atoms with Gasteiger partial charge in [0.15, 0.2) is 5.78 Å². The lowest BCUT2D eigenvalue weighted by molar-refractivity contribution is -0.113. The van der Waals surface area contributed by atoms with Crippen LogP contribution in [0.25, 0.3) is 12.2 Å². The number of ether oxygens (including phenoxy) is 1. The molecule has 0 spiro atoms. The summed E-state index contributed by atoms with van der Waals surface area (Å²) < 4.78 is 5.82. The number of amides is 2. The summed E-state index contributed by atoms with van der Waals surface area (Å²) in [4.78, 5) is 39.5. The third-order valence-electron chi connectivity index (χ3n) is 6.34. The predicted octanol–water partition coefficient (Wildman–Crippen LogP) is 7.63. The van der Waals surface area contributed by atoms with Crippen molar-refractivity contribution in [1.29, 1.82) is 0 Å². The van der Waals surface area contributed by atoms with Gasteiger partial charge in [0.05, 0.1) is 0 Å². The number of hydrogen-bond donors (Lipinski definition) is 2. The minimum Gasteiger partial charge on any atom is -0.489 e. The number of nitrogens with one attached hydrogen (secondary N) is 2. The molecule has 0 saturated heterocycles. The Morgan fingerprint density at radius 1 is 0.721 bits per heavy atom. The molecule has 4 aromatic carbocycles. The number of anilines is 1. The third kappa shape index (κ3) is 8.48. The molecule has 0 fully saturated rings. The van der Waals surface area contributed by atoms with E-state index in [-0.39, 0.29) is 17.4 Å². The van der Waals surface area contributed by atoms with Gasteiger partial charge in [0, 0.05) is 21.7 Å². The summed E-state index contributed by atoms with van der Waals surface area (Å²) in [5.74, 6) is -0.290. The molecular formula is C36H28N2O4S. The molecule has 0 bridgehead atoms.